The van der Waals surface area contributed by atoms with Crippen LogP contribution in [0.4, 0.5) is 0 Å². The lowest BCUT2D eigenvalue weighted by Gasteiger charge is -2.25. The predicted molar refractivity (Wildman–Crippen MR) is 65.0 cm³/mol. The molecule has 0 bridgehead atoms. The molecular formula is C12H24N2O2. The highest BCUT2D eigenvalue weighted by Gasteiger charge is 2.17. The summed E-state index contributed by atoms with van der Waals surface area (Å²) in [5.74, 6) is 0.898. The van der Waals surface area contributed by atoms with E-state index in [9.17, 15) is 0 Å². The number of hydrogen-bond donors (Lipinski definition) is 2. The topological polar surface area (TPSA) is 81.8 Å². The van der Waals surface area contributed by atoms with Gasteiger partial charge < -0.3 is 0 Å². The van der Waals surface area contributed by atoms with Crippen molar-refractivity contribution < 1.29 is 9.59 Å². The minimum Gasteiger partial charge on any atom is -0.222 e. The van der Waals surface area contributed by atoms with Crippen molar-refractivity contribution in [3.05, 3.63) is 0 Å². The highest BCUT2D eigenvalue weighted by molar-refractivity contribution is 5.26. The fourth-order valence-electron chi connectivity index (χ4n) is 1.23. The van der Waals surface area contributed by atoms with Crippen LogP contribution in [0.15, 0.2) is 0 Å². The maximum atomic E-state index is 8.35. The lowest BCUT2D eigenvalue weighted by Crippen LogP contribution is -2.13. The highest BCUT2D eigenvalue weighted by Crippen LogP contribution is 2.29. The van der Waals surface area contributed by atoms with E-state index in [1.54, 1.807) is 0 Å². The summed E-state index contributed by atoms with van der Waals surface area (Å²) < 4.78 is 0. The van der Waals surface area contributed by atoms with E-state index in [-0.39, 0.29) is 0 Å². The molecular weight excluding hydrogens is 204 g/mol. The molecule has 4 heteroatoms. The van der Waals surface area contributed by atoms with Crippen molar-refractivity contribution in [3.8, 4) is 0 Å². The molecule has 0 aromatic carbocycles. The van der Waals surface area contributed by atoms with Crippen LogP contribution in [0.25, 0.3) is 0 Å². The normalized spacial score (nSPS) is 10.6. The van der Waals surface area contributed by atoms with Crippen LogP contribution >= 0.6 is 0 Å². The minimum atomic E-state index is 0.565. The zero-order valence-electron chi connectivity index (χ0n) is 11.0. The van der Waals surface area contributed by atoms with Crippen LogP contribution in [-0.2, 0) is 9.59 Å². The first-order valence-corrected chi connectivity index (χ1v) is 5.42. The molecule has 0 aliphatic carbocycles. The first-order chi connectivity index (χ1) is 7.34. The SMILES string of the molecule is CCC(C)CC(C)(C)CC.N=C=O.N=C=O. The van der Waals surface area contributed by atoms with E-state index < -0.39 is 0 Å². The zero-order valence-corrected chi connectivity index (χ0v) is 11.0. The first-order valence-electron chi connectivity index (χ1n) is 5.42. The maximum Gasteiger partial charge on any atom is 0.231 e. The Hall–Kier alpha value is -1.24. The Morgan fingerprint density at radius 2 is 1.44 bits per heavy atom. The minimum absolute atomic E-state index is 0.565. The molecule has 0 aliphatic heterocycles. The van der Waals surface area contributed by atoms with Crippen LogP contribution in [0.1, 0.15) is 53.9 Å². The lowest BCUT2D eigenvalue weighted by atomic mass is 9.80. The Morgan fingerprint density at radius 1 is 1.12 bits per heavy atom. The Morgan fingerprint density at radius 3 is 1.62 bits per heavy atom. The predicted octanol–water partition coefficient (Wildman–Crippen LogP) is 3.66. The molecule has 0 saturated heterocycles. The van der Waals surface area contributed by atoms with E-state index in [1.165, 1.54) is 19.3 Å². The molecule has 0 aromatic heterocycles. The van der Waals surface area contributed by atoms with Gasteiger partial charge in [0.05, 0.1) is 0 Å². The molecule has 1 atom stereocenters. The van der Waals surface area contributed by atoms with Crippen molar-refractivity contribution in [3.63, 3.8) is 0 Å². The fraction of sp³-hybridized carbons (Fsp3) is 0.833. The van der Waals surface area contributed by atoms with Gasteiger partial charge in [-0.15, -0.1) is 0 Å². The third-order valence-electron chi connectivity index (χ3n) is 2.56. The number of hydrogen-bond acceptors (Lipinski definition) is 4. The van der Waals surface area contributed by atoms with Gasteiger partial charge >= 0.3 is 0 Å². The molecule has 0 amide bonds. The van der Waals surface area contributed by atoms with E-state index in [0.29, 0.717) is 5.41 Å². The Bertz CT molecular complexity index is 201. The van der Waals surface area contributed by atoms with Crippen molar-refractivity contribution in [1.29, 1.82) is 10.8 Å². The lowest BCUT2D eigenvalue weighted by molar-refractivity contribution is 0.263. The maximum absolute atomic E-state index is 8.35. The van der Waals surface area contributed by atoms with Gasteiger partial charge in [-0.25, -0.2) is 20.4 Å². The van der Waals surface area contributed by atoms with Crippen molar-refractivity contribution in [1.82, 2.24) is 0 Å². The van der Waals surface area contributed by atoms with E-state index in [4.69, 9.17) is 20.4 Å². The second kappa shape index (κ2) is 13.8. The van der Waals surface area contributed by atoms with Crippen molar-refractivity contribution >= 4 is 12.2 Å². The van der Waals surface area contributed by atoms with Crippen molar-refractivity contribution in [2.24, 2.45) is 11.3 Å². The quantitative estimate of drug-likeness (QED) is 0.568. The monoisotopic (exact) mass is 228 g/mol. The van der Waals surface area contributed by atoms with Crippen LogP contribution < -0.4 is 0 Å². The van der Waals surface area contributed by atoms with Gasteiger partial charge in [-0.05, 0) is 17.8 Å². The van der Waals surface area contributed by atoms with Crippen LogP contribution in [0, 0.1) is 22.2 Å². The number of carbonyl (C=O) groups excluding carboxylic acids is 2. The standard InChI is InChI=1S/C10H22.2CHNO/c1-6-9(3)8-10(4,5)7-2;2*2-1-3/h9H,6-8H2,1-5H3;2*2H. The summed E-state index contributed by atoms with van der Waals surface area (Å²) in [6, 6.07) is 0. The van der Waals surface area contributed by atoms with Crippen LogP contribution in [0.3, 0.4) is 0 Å². The molecule has 0 radical (unpaired) electrons. The smallest absolute Gasteiger partial charge is 0.222 e. The molecule has 0 aromatic rings. The van der Waals surface area contributed by atoms with Gasteiger partial charge in [0.1, 0.15) is 0 Å². The van der Waals surface area contributed by atoms with Gasteiger partial charge in [-0.2, -0.15) is 0 Å². The summed E-state index contributed by atoms with van der Waals surface area (Å²) >= 11 is 0. The molecule has 0 spiro atoms. The van der Waals surface area contributed by atoms with E-state index >= 15 is 0 Å². The molecule has 94 valence electrons. The van der Waals surface area contributed by atoms with Crippen LogP contribution in [0.2, 0.25) is 0 Å². The molecule has 16 heavy (non-hydrogen) atoms. The third-order valence-corrected chi connectivity index (χ3v) is 2.56. The second-order valence-corrected chi connectivity index (χ2v) is 4.44. The molecule has 4 nitrogen and oxygen atoms in total. The van der Waals surface area contributed by atoms with Crippen LogP contribution in [0.5, 0.6) is 0 Å². The summed E-state index contributed by atoms with van der Waals surface area (Å²) in [5, 5.41) is 10.8. The molecule has 0 saturated carbocycles. The molecule has 0 fully saturated rings. The van der Waals surface area contributed by atoms with Gasteiger partial charge in [-0.1, -0.05) is 47.5 Å². The van der Waals surface area contributed by atoms with Gasteiger partial charge in [0, 0.05) is 0 Å². The highest BCUT2D eigenvalue weighted by atomic mass is 16.1. The first kappa shape index (κ1) is 20.2. The second-order valence-electron chi connectivity index (χ2n) is 4.44. The molecule has 0 aliphatic rings. The van der Waals surface area contributed by atoms with E-state index in [2.05, 4.69) is 34.6 Å². The number of isocyanates is 2. The van der Waals surface area contributed by atoms with E-state index in [0.717, 1.165) is 18.1 Å². The summed E-state index contributed by atoms with van der Waals surface area (Å²) in [5.41, 5.74) is 0.565. The Balaban J connectivity index is -0.000000235. The Kier molecular flexibility index (Phi) is 17.4. The summed E-state index contributed by atoms with van der Waals surface area (Å²) in [7, 11) is 0. The average Bonchev–Trinajstić information content (AvgIpc) is 2.19. The number of nitrogens with one attached hydrogen (secondary N) is 2. The molecule has 2 N–H and O–H groups in total. The van der Waals surface area contributed by atoms with Gasteiger partial charge in [-0.3, -0.25) is 0 Å². The number of rotatable bonds is 4. The average molecular weight is 228 g/mol. The van der Waals surface area contributed by atoms with Crippen LogP contribution in [-0.4, -0.2) is 12.2 Å². The van der Waals surface area contributed by atoms with E-state index in [1.807, 2.05) is 0 Å². The Labute approximate surface area is 98.5 Å². The molecule has 0 rings (SSSR count). The third kappa shape index (κ3) is 23.0. The molecule has 1 unspecified atom stereocenters. The summed E-state index contributed by atoms with van der Waals surface area (Å²) in [6.45, 7) is 11.6. The van der Waals surface area contributed by atoms with Gasteiger partial charge in [0.15, 0.2) is 0 Å². The van der Waals surface area contributed by atoms with Crippen molar-refractivity contribution in [2.45, 2.75) is 53.9 Å². The fourth-order valence-corrected chi connectivity index (χ4v) is 1.23. The van der Waals surface area contributed by atoms with Gasteiger partial charge in [0.25, 0.3) is 0 Å². The summed E-state index contributed by atoms with van der Waals surface area (Å²) in [6.07, 6.45) is 5.50. The van der Waals surface area contributed by atoms with Crippen molar-refractivity contribution in [2.75, 3.05) is 0 Å². The molecule has 0 heterocycles. The summed E-state index contributed by atoms with van der Waals surface area (Å²) in [4.78, 5) is 16.7. The largest absolute Gasteiger partial charge is 0.231 e. The van der Waals surface area contributed by atoms with Gasteiger partial charge in [0.2, 0.25) is 12.2 Å². The zero-order chi connectivity index (χ0) is 13.6.